The van der Waals surface area contributed by atoms with Crippen molar-refractivity contribution >= 4 is 5.82 Å². The van der Waals surface area contributed by atoms with Crippen LogP contribution in [0.1, 0.15) is 19.8 Å². The second-order valence-electron chi connectivity index (χ2n) is 3.50. The first-order valence-electron chi connectivity index (χ1n) is 4.91. The Morgan fingerprint density at radius 2 is 2.08 bits per heavy atom. The molecular formula is C11H19N2+. The molecule has 0 fully saturated rings. The third kappa shape index (κ3) is 2.72. The number of aromatic nitrogens is 1. The van der Waals surface area contributed by atoms with E-state index in [9.17, 15) is 0 Å². The number of pyridine rings is 1. The van der Waals surface area contributed by atoms with E-state index in [1.165, 1.54) is 18.7 Å². The SMILES string of the molecule is CCCC[n+]1ccccc1N(C)C. The fourth-order valence-electron chi connectivity index (χ4n) is 1.39. The Balaban J connectivity index is 2.78. The summed E-state index contributed by atoms with van der Waals surface area (Å²) < 4.78 is 2.30. The van der Waals surface area contributed by atoms with Crippen molar-refractivity contribution in [2.24, 2.45) is 0 Å². The first-order chi connectivity index (χ1) is 6.25. The quantitative estimate of drug-likeness (QED) is 0.640. The molecule has 2 nitrogen and oxygen atoms in total. The molecule has 0 aliphatic rings. The van der Waals surface area contributed by atoms with E-state index in [2.05, 4.69) is 54.9 Å². The van der Waals surface area contributed by atoms with Gasteiger partial charge in [0.25, 0.3) is 5.82 Å². The van der Waals surface area contributed by atoms with Gasteiger partial charge in [-0.25, -0.2) is 4.57 Å². The number of aryl methyl sites for hydroxylation is 1. The highest BCUT2D eigenvalue weighted by Crippen LogP contribution is 2.02. The molecule has 2 heteroatoms. The van der Waals surface area contributed by atoms with E-state index in [4.69, 9.17) is 0 Å². The van der Waals surface area contributed by atoms with Crippen LogP contribution in [-0.2, 0) is 6.54 Å². The van der Waals surface area contributed by atoms with Crippen molar-refractivity contribution in [2.45, 2.75) is 26.3 Å². The first-order valence-corrected chi connectivity index (χ1v) is 4.91. The molecule has 0 bridgehead atoms. The minimum atomic E-state index is 1.12. The molecule has 0 unspecified atom stereocenters. The average Bonchev–Trinajstić information content (AvgIpc) is 2.15. The van der Waals surface area contributed by atoms with Crippen molar-refractivity contribution < 1.29 is 4.57 Å². The Hall–Kier alpha value is -1.05. The van der Waals surface area contributed by atoms with Crippen LogP contribution in [0.15, 0.2) is 24.4 Å². The molecule has 0 saturated carbocycles. The molecular weight excluding hydrogens is 160 g/mol. The summed E-state index contributed by atoms with van der Waals surface area (Å²) in [6, 6.07) is 6.32. The Morgan fingerprint density at radius 3 is 2.69 bits per heavy atom. The summed E-state index contributed by atoms with van der Waals surface area (Å²) in [7, 11) is 4.16. The smallest absolute Gasteiger partial charge is 0.267 e. The zero-order valence-corrected chi connectivity index (χ0v) is 8.83. The topological polar surface area (TPSA) is 7.12 Å². The molecule has 0 saturated heterocycles. The molecule has 1 heterocycles. The number of hydrogen-bond donors (Lipinski definition) is 0. The number of anilines is 1. The molecule has 1 aromatic heterocycles. The van der Waals surface area contributed by atoms with Crippen LogP contribution in [0.25, 0.3) is 0 Å². The first kappa shape index (κ1) is 10.0. The zero-order valence-electron chi connectivity index (χ0n) is 8.83. The highest BCUT2D eigenvalue weighted by Gasteiger charge is 2.08. The van der Waals surface area contributed by atoms with Crippen LogP contribution in [-0.4, -0.2) is 14.1 Å². The van der Waals surface area contributed by atoms with Crippen molar-refractivity contribution in [3.63, 3.8) is 0 Å². The van der Waals surface area contributed by atoms with Crippen molar-refractivity contribution in [1.82, 2.24) is 0 Å². The summed E-state index contributed by atoms with van der Waals surface area (Å²) in [4.78, 5) is 2.15. The Kier molecular flexibility index (Phi) is 3.74. The molecule has 13 heavy (non-hydrogen) atoms. The minimum absolute atomic E-state index is 1.12. The van der Waals surface area contributed by atoms with Gasteiger partial charge in [-0.1, -0.05) is 19.4 Å². The number of rotatable bonds is 4. The van der Waals surface area contributed by atoms with Gasteiger partial charge >= 0.3 is 0 Å². The van der Waals surface area contributed by atoms with Gasteiger partial charge in [-0.15, -0.1) is 0 Å². The molecule has 0 amide bonds. The summed E-state index contributed by atoms with van der Waals surface area (Å²) in [5, 5.41) is 0. The highest BCUT2D eigenvalue weighted by molar-refractivity contribution is 5.29. The molecule has 0 N–H and O–H groups in total. The van der Waals surface area contributed by atoms with E-state index >= 15 is 0 Å². The maximum atomic E-state index is 2.30. The predicted molar refractivity (Wildman–Crippen MR) is 55.9 cm³/mol. The molecule has 0 aromatic carbocycles. The largest absolute Gasteiger partial charge is 0.276 e. The van der Waals surface area contributed by atoms with Gasteiger partial charge in [0, 0.05) is 6.07 Å². The van der Waals surface area contributed by atoms with Gasteiger partial charge in [-0.05, 0) is 12.5 Å². The van der Waals surface area contributed by atoms with Crippen LogP contribution in [0.3, 0.4) is 0 Å². The lowest BCUT2D eigenvalue weighted by molar-refractivity contribution is -0.685. The van der Waals surface area contributed by atoms with Gasteiger partial charge in [-0.3, -0.25) is 4.90 Å². The van der Waals surface area contributed by atoms with Crippen LogP contribution in [0, 0.1) is 0 Å². The maximum Gasteiger partial charge on any atom is 0.276 e. The molecule has 0 radical (unpaired) electrons. The number of hydrogen-bond acceptors (Lipinski definition) is 1. The van der Waals surface area contributed by atoms with E-state index in [0.29, 0.717) is 0 Å². The lowest BCUT2D eigenvalue weighted by atomic mass is 10.3. The molecule has 0 aliphatic carbocycles. The predicted octanol–water partition coefficient (Wildman–Crippen LogP) is 1.84. The summed E-state index contributed by atoms with van der Waals surface area (Å²) in [5.74, 6) is 1.27. The standard InChI is InChI=1S/C11H19N2/c1-4-5-9-13-10-7-6-8-11(13)12(2)3/h6-8,10H,4-5,9H2,1-3H3/q+1. The maximum absolute atomic E-state index is 2.30. The second-order valence-corrected chi connectivity index (χ2v) is 3.50. The van der Waals surface area contributed by atoms with Gasteiger partial charge < -0.3 is 0 Å². The minimum Gasteiger partial charge on any atom is -0.267 e. The lowest BCUT2D eigenvalue weighted by Gasteiger charge is -2.09. The van der Waals surface area contributed by atoms with Crippen molar-refractivity contribution in [3.05, 3.63) is 24.4 Å². The Bertz CT molecular complexity index is 256. The lowest BCUT2D eigenvalue weighted by Crippen LogP contribution is -2.39. The third-order valence-corrected chi connectivity index (χ3v) is 2.13. The van der Waals surface area contributed by atoms with Crippen molar-refractivity contribution in [3.8, 4) is 0 Å². The van der Waals surface area contributed by atoms with Crippen LogP contribution >= 0.6 is 0 Å². The monoisotopic (exact) mass is 179 g/mol. The van der Waals surface area contributed by atoms with Crippen LogP contribution in [0.4, 0.5) is 5.82 Å². The van der Waals surface area contributed by atoms with Crippen LogP contribution < -0.4 is 9.47 Å². The van der Waals surface area contributed by atoms with E-state index in [1.807, 2.05) is 0 Å². The third-order valence-electron chi connectivity index (χ3n) is 2.13. The summed E-state index contributed by atoms with van der Waals surface area (Å²) in [6.45, 7) is 3.34. The Labute approximate surface area is 80.8 Å². The zero-order chi connectivity index (χ0) is 9.68. The van der Waals surface area contributed by atoms with E-state index in [-0.39, 0.29) is 0 Å². The van der Waals surface area contributed by atoms with Gasteiger partial charge in [0.15, 0.2) is 0 Å². The average molecular weight is 179 g/mol. The van der Waals surface area contributed by atoms with Gasteiger partial charge in [0.05, 0.1) is 26.8 Å². The number of unbranched alkanes of at least 4 members (excludes halogenated alkanes) is 1. The Morgan fingerprint density at radius 1 is 1.31 bits per heavy atom. The van der Waals surface area contributed by atoms with Crippen LogP contribution in [0.2, 0.25) is 0 Å². The second kappa shape index (κ2) is 4.85. The van der Waals surface area contributed by atoms with E-state index < -0.39 is 0 Å². The molecule has 0 atom stereocenters. The molecule has 72 valence electrons. The van der Waals surface area contributed by atoms with Gasteiger partial charge in [0.1, 0.15) is 0 Å². The fraction of sp³-hybridized carbons (Fsp3) is 0.545. The normalized spacial score (nSPS) is 10.1. The molecule has 1 rings (SSSR count). The van der Waals surface area contributed by atoms with E-state index in [1.54, 1.807) is 0 Å². The van der Waals surface area contributed by atoms with Gasteiger partial charge in [-0.2, -0.15) is 0 Å². The summed E-state index contributed by atoms with van der Waals surface area (Å²) in [5.41, 5.74) is 0. The molecule has 1 aromatic rings. The molecule has 0 spiro atoms. The van der Waals surface area contributed by atoms with Crippen molar-refractivity contribution in [1.29, 1.82) is 0 Å². The molecule has 0 aliphatic heterocycles. The fourth-order valence-corrected chi connectivity index (χ4v) is 1.39. The van der Waals surface area contributed by atoms with Gasteiger partial charge in [0.2, 0.25) is 0 Å². The van der Waals surface area contributed by atoms with E-state index in [0.717, 1.165) is 6.54 Å². The highest BCUT2D eigenvalue weighted by atomic mass is 15.2. The summed E-state index contributed by atoms with van der Waals surface area (Å²) >= 11 is 0. The van der Waals surface area contributed by atoms with Crippen LogP contribution in [0.5, 0.6) is 0 Å². The number of nitrogens with zero attached hydrogens (tertiary/aromatic N) is 2. The summed E-state index contributed by atoms with van der Waals surface area (Å²) in [6.07, 6.45) is 4.63. The van der Waals surface area contributed by atoms with Crippen molar-refractivity contribution in [2.75, 3.05) is 19.0 Å².